The summed E-state index contributed by atoms with van der Waals surface area (Å²) in [5.41, 5.74) is 0.988. The van der Waals surface area contributed by atoms with Crippen LogP contribution in [0.2, 0.25) is 10.0 Å². The van der Waals surface area contributed by atoms with Gasteiger partial charge in [-0.05, 0) is 61.1 Å². The standard InChI is InChI=1S/C28H30Cl2N4O4/c1-2-23(35)21(8-15-5-6-31-26(15)36)33-27(37)25-24-14-4-3-13(7-14)18(24)12-34(25)28(38)22-11-17-19(30)9-16(29)10-20(17)32-22/h3-4,9-11,13-15,18,21,24-25,32H,2,5-8,12H2,1H3,(H,31,36)(H,33,37). The number of hydrogen-bond acceptors (Lipinski definition) is 4. The number of carbonyl (C=O) groups excluding carboxylic acids is 4. The van der Waals surface area contributed by atoms with E-state index in [4.69, 9.17) is 23.2 Å². The first-order chi connectivity index (χ1) is 18.2. The number of aromatic nitrogens is 1. The van der Waals surface area contributed by atoms with Crippen LogP contribution in [-0.2, 0) is 14.4 Å². The molecule has 2 saturated heterocycles. The predicted octanol–water partition coefficient (Wildman–Crippen LogP) is 3.73. The zero-order valence-electron chi connectivity index (χ0n) is 21.0. The van der Waals surface area contributed by atoms with Crippen molar-refractivity contribution in [2.24, 2.45) is 29.6 Å². The van der Waals surface area contributed by atoms with Gasteiger partial charge in [0.1, 0.15) is 11.7 Å². The third-order valence-electron chi connectivity index (χ3n) is 8.95. The molecule has 1 saturated carbocycles. The van der Waals surface area contributed by atoms with Gasteiger partial charge in [-0.2, -0.15) is 0 Å². The number of nitrogens with one attached hydrogen (secondary N) is 3. The Morgan fingerprint density at radius 1 is 1.16 bits per heavy atom. The smallest absolute Gasteiger partial charge is 0.271 e. The molecule has 38 heavy (non-hydrogen) atoms. The van der Waals surface area contributed by atoms with E-state index in [-0.39, 0.29) is 60.0 Å². The Morgan fingerprint density at radius 2 is 1.95 bits per heavy atom. The van der Waals surface area contributed by atoms with Crippen molar-refractivity contribution < 1.29 is 19.2 Å². The molecule has 2 aromatic rings. The number of halogens is 2. The van der Waals surface area contributed by atoms with Gasteiger partial charge in [-0.3, -0.25) is 19.2 Å². The molecule has 200 valence electrons. The van der Waals surface area contributed by atoms with Crippen molar-refractivity contribution in [3.63, 3.8) is 0 Å². The summed E-state index contributed by atoms with van der Waals surface area (Å²) in [5.74, 6) is -0.373. The van der Waals surface area contributed by atoms with Gasteiger partial charge in [-0.15, -0.1) is 0 Å². The Hall–Kier alpha value is -2.84. The molecular weight excluding hydrogens is 527 g/mol. The molecule has 2 aliphatic carbocycles. The van der Waals surface area contributed by atoms with Crippen LogP contribution in [0.5, 0.6) is 0 Å². The molecule has 1 aromatic heterocycles. The highest BCUT2D eigenvalue weighted by Gasteiger charge is 2.58. The number of allylic oxidation sites excluding steroid dienone is 2. The second-order valence-electron chi connectivity index (χ2n) is 11.0. The average Bonchev–Trinajstić information content (AvgIpc) is 3.69. The van der Waals surface area contributed by atoms with Gasteiger partial charge in [0.05, 0.1) is 11.1 Å². The van der Waals surface area contributed by atoms with Crippen LogP contribution in [0.3, 0.4) is 0 Å². The molecule has 10 heteroatoms. The summed E-state index contributed by atoms with van der Waals surface area (Å²) >= 11 is 12.5. The summed E-state index contributed by atoms with van der Waals surface area (Å²) in [6.45, 7) is 2.80. The number of Topliss-reactive ketones (excluding diaryl/α,β-unsaturated/α-hetero) is 1. The normalized spacial score (nSPS) is 30.1. The SMILES string of the molecule is CCC(=O)C(CC1CCNC1=O)NC(=O)C1C2C3C=CC(C3)C2CN1C(=O)c1cc2c(Cl)cc(Cl)cc2[nH]1. The van der Waals surface area contributed by atoms with Gasteiger partial charge in [0.25, 0.3) is 5.91 Å². The molecule has 6 rings (SSSR count). The first-order valence-electron chi connectivity index (χ1n) is 13.3. The number of ketones is 1. The minimum absolute atomic E-state index is 0.0106. The van der Waals surface area contributed by atoms with Crippen molar-refractivity contribution in [3.8, 4) is 0 Å². The van der Waals surface area contributed by atoms with Crippen molar-refractivity contribution in [1.82, 2.24) is 20.5 Å². The molecule has 0 radical (unpaired) electrons. The molecule has 3 heterocycles. The van der Waals surface area contributed by atoms with Gasteiger partial charge in [-0.1, -0.05) is 42.3 Å². The van der Waals surface area contributed by atoms with E-state index in [0.29, 0.717) is 52.1 Å². The number of rotatable bonds is 7. The fraction of sp³-hybridized carbons (Fsp3) is 0.500. The maximum atomic E-state index is 13.9. The number of fused-ring (bicyclic) bond motifs is 6. The fourth-order valence-corrected chi connectivity index (χ4v) is 7.67. The maximum Gasteiger partial charge on any atom is 0.271 e. The largest absolute Gasteiger partial charge is 0.356 e. The summed E-state index contributed by atoms with van der Waals surface area (Å²) in [4.78, 5) is 57.7. The second-order valence-corrected chi connectivity index (χ2v) is 11.9. The van der Waals surface area contributed by atoms with Crippen molar-refractivity contribution in [2.45, 2.75) is 44.7 Å². The first-order valence-corrected chi connectivity index (χ1v) is 14.1. The Balaban J connectivity index is 1.30. The number of nitrogens with zero attached hydrogens (tertiary/aromatic N) is 1. The third kappa shape index (κ3) is 4.22. The highest BCUT2D eigenvalue weighted by molar-refractivity contribution is 6.38. The first kappa shape index (κ1) is 25.4. The van der Waals surface area contributed by atoms with Gasteiger partial charge in [0.2, 0.25) is 11.8 Å². The Labute approximate surface area is 230 Å². The quantitative estimate of drug-likeness (QED) is 0.451. The summed E-state index contributed by atoms with van der Waals surface area (Å²) in [6, 6.07) is 3.58. The molecule has 1 aromatic carbocycles. The van der Waals surface area contributed by atoms with Crippen molar-refractivity contribution in [2.75, 3.05) is 13.1 Å². The summed E-state index contributed by atoms with van der Waals surface area (Å²) in [7, 11) is 0. The molecule has 3 N–H and O–H groups in total. The van der Waals surface area contributed by atoms with Crippen LogP contribution in [0.4, 0.5) is 0 Å². The molecular formula is C28H30Cl2N4O4. The monoisotopic (exact) mass is 556 g/mol. The average molecular weight is 557 g/mol. The van der Waals surface area contributed by atoms with Gasteiger partial charge in [0.15, 0.2) is 5.78 Å². The molecule has 4 aliphatic rings. The van der Waals surface area contributed by atoms with Gasteiger partial charge >= 0.3 is 0 Å². The molecule has 3 fully saturated rings. The topological polar surface area (TPSA) is 111 Å². The zero-order chi connectivity index (χ0) is 26.7. The van der Waals surface area contributed by atoms with Crippen molar-refractivity contribution in [1.29, 1.82) is 0 Å². The van der Waals surface area contributed by atoms with Gasteiger partial charge in [0, 0.05) is 41.4 Å². The minimum atomic E-state index is -0.763. The van der Waals surface area contributed by atoms with E-state index in [1.807, 2.05) is 0 Å². The van der Waals surface area contributed by atoms with E-state index in [9.17, 15) is 19.2 Å². The predicted molar refractivity (Wildman–Crippen MR) is 144 cm³/mol. The summed E-state index contributed by atoms with van der Waals surface area (Å²) in [5, 5.41) is 7.36. The lowest BCUT2D eigenvalue weighted by molar-refractivity contribution is -0.132. The molecule has 3 amide bonds. The van der Waals surface area contributed by atoms with Crippen LogP contribution >= 0.6 is 23.2 Å². The lowest BCUT2D eigenvalue weighted by atomic mass is 9.81. The lowest BCUT2D eigenvalue weighted by Crippen LogP contribution is -2.54. The minimum Gasteiger partial charge on any atom is -0.356 e. The highest BCUT2D eigenvalue weighted by Crippen LogP contribution is 2.54. The van der Waals surface area contributed by atoms with Crippen LogP contribution in [0.1, 0.15) is 43.1 Å². The Kier molecular flexibility index (Phi) is 6.51. The van der Waals surface area contributed by atoms with Crippen LogP contribution in [0, 0.1) is 29.6 Å². The molecule has 2 bridgehead atoms. The van der Waals surface area contributed by atoms with Crippen molar-refractivity contribution >= 4 is 57.6 Å². The third-order valence-corrected chi connectivity index (χ3v) is 9.48. The zero-order valence-corrected chi connectivity index (χ0v) is 22.5. The van der Waals surface area contributed by atoms with E-state index in [1.165, 1.54) is 0 Å². The van der Waals surface area contributed by atoms with Crippen LogP contribution in [0.25, 0.3) is 10.9 Å². The summed E-state index contributed by atoms with van der Waals surface area (Å²) < 4.78 is 0. The Morgan fingerprint density at radius 3 is 2.68 bits per heavy atom. The van der Waals surface area contributed by atoms with E-state index in [2.05, 4.69) is 27.8 Å². The molecule has 2 aliphatic heterocycles. The van der Waals surface area contributed by atoms with Gasteiger partial charge < -0.3 is 20.5 Å². The van der Waals surface area contributed by atoms with E-state index in [0.717, 1.165) is 6.42 Å². The number of hydrogen-bond donors (Lipinski definition) is 3. The van der Waals surface area contributed by atoms with Crippen LogP contribution in [0.15, 0.2) is 30.4 Å². The van der Waals surface area contributed by atoms with E-state index in [1.54, 1.807) is 30.0 Å². The molecule has 0 spiro atoms. The summed E-state index contributed by atoms with van der Waals surface area (Å²) in [6.07, 6.45) is 6.53. The fourth-order valence-electron chi connectivity index (χ4n) is 7.12. The highest BCUT2D eigenvalue weighted by atomic mass is 35.5. The van der Waals surface area contributed by atoms with E-state index < -0.39 is 12.1 Å². The molecule has 7 unspecified atom stereocenters. The second kappa shape index (κ2) is 9.72. The number of amides is 3. The number of likely N-dealkylation sites (tertiary alicyclic amines) is 1. The number of H-pyrrole nitrogens is 1. The Bertz CT molecular complexity index is 1370. The van der Waals surface area contributed by atoms with Crippen LogP contribution < -0.4 is 10.6 Å². The van der Waals surface area contributed by atoms with Crippen molar-refractivity contribution in [3.05, 3.63) is 46.1 Å². The lowest BCUT2D eigenvalue weighted by Gasteiger charge is -2.31. The van der Waals surface area contributed by atoms with Crippen LogP contribution in [-0.4, -0.2) is 58.6 Å². The van der Waals surface area contributed by atoms with E-state index >= 15 is 0 Å². The molecule has 8 nitrogen and oxygen atoms in total. The maximum absolute atomic E-state index is 13.9. The van der Waals surface area contributed by atoms with Gasteiger partial charge in [-0.25, -0.2) is 0 Å². The number of carbonyl (C=O) groups is 4. The number of benzene rings is 1. The molecule has 7 atom stereocenters. The number of aromatic amines is 1.